The molecule has 2 N–H and O–H groups in total. The van der Waals surface area contributed by atoms with E-state index in [9.17, 15) is 9.50 Å². The summed E-state index contributed by atoms with van der Waals surface area (Å²) >= 11 is 0. The molecule has 0 spiro atoms. The van der Waals surface area contributed by atoms with Gasteiger partial charge >= 0.3 is 0 Å². The summed E-state index contributed by atoms with van der Waals surface area (Å²) in [5.74, 6) is 0.387. The number of aromatic nitrogens is 3. The Kier molecular flexibility index (Phi) is 2.87. The van der Waals surface area contributed by atoms with E-state index in [1.165, 1.54) is 16.8 Å². The van der Waals surface area contributed by atoms with E-state index >= 15 is 0 Å². The number of nitrogens with zero attached hydrogens (tertiary/aromatic N) is 3. The lowest BCUT2D eigenvalue weighted by Gasteiger charge is -2.13. The van der Waals surface area contributed by atoms with Crippen LogP contribution in [0.1, 0.15) is 19.3 Å². The lowest BCUT2D eigenvalue weighted by molar-refractivity contribution is 0.138. The van der Waals surface area contributed by atoms with Gasteiger partial charge in [-0.1, -0.05) is 6.42 Å². The molecule has 2 aromatic rings. The number of fused-ring (bicyclic) bond motifs is 1. The summed E-state index contributed by atoms with van der Waals surface area (Å²) < 4.78 is 14.4. The van der Waals surface area contributed by atoms with E-state index in [0.717, 1.165) is 19.3 Å². The summed E-state index contributed by atoms with van der Waals surface area (Å²) in [4.78, 5) is 4.23. The molecular formula is C12H15FN4O. The van der Waals surface area contributed by atoms with E-state index in [-0.39, 0.29) is 17.8 Å². The molecule has 0 radical (unpaired) electrons. The molecule has 0 aliphatic heterocycles. The predicted octanol–water partition coefficient (Wildman–Crippen LogP) is 1.44. The normalized spacial score (nSPS) is 23.7. The molecular weight excluding hydrogens is 235 g/mol. The molecule has 1 fully saturated rings. The number of pyridine rings is 1. The molecule has 2 heterocycles. The molecule has 2 unspecified atom stereocenters. The van der Waals surface area contributed by atoms with Crippen LogP contribution in [0, 0.1) is 11.7 Å². The summed E-state index contributed by atoms with van der Waals surface area (Å²) in [6.07, 6.45) is 4.02. The van der Waals surface area contributed by atoms with Crippen molar-refractivity contribution in [3.05, 3.63) is 24.1 Å². The number of anilines is 1. The zero-order valence-corrected chi connectivity index (χ0v) is 9.88. The van der Waals surface area contributed by atoms with E-state index < -0.39 is 0 Å². The van der Waals surface area contributed by atoms with Crippen molar-refractivity contribution in [3.8, 4) is 0 Å². The molecule has 0 amide bonds. The zero-order valence-electron chi connectivity index (χ0n) is 9.88. The fourth-order valence-corrected chi connectivity index (χ4v) is 2.41. The molecule has 5 nitrogen and oxygen atoms in total. The number of halogens is 1. The third kappa shape index (κ3) is 2.15. The maximum Gasteiger partial charge on any atom is 0.243 e. The van der Waals surface area contributed by atoms with Gasteiger partial charge in [0.2, 0.25) is 5.95 Å². The lowest BCUT2D eigenvalue weighted by Crippen LogP contribution is -2.22. The van der Waals surface area contributed by atoms with Crippen LogP contribution in [-0.2, 0) is 0 Å². The minimum absolute atomic E-state index is 0.230. The Hall–Kier alpha value is -1.69. The number of aliphatic hydroxyl groups excluding tert-OH is 1. The Morgan fingerprint density at radius 3 is 3.11 bits per heavy atom. The molecule has 18 heavy (non-hydrogen) atoms. The van der Waals surface area contributed by atoms with Gasteiger partial charge in [-0.2, -0.15) is 4.98 Å². The Bertz CT molecular complexity index is 556. The second-order valence-electron chi connectivity index (χ2n) is 4.72. The van der Waals surface area contributed by atoms with Crippen molar-refractivity contribution in [2.75, 3.05) is 11.9 Å². The molecule has 96 valence electrons. The quantitative estimate of drug-likeness (QED) is 0.865. The smallest absolute Gasteiger partial charge is 0.243 e. The van der Waals surface area contributed by atoms with Crippen molar-refractivity contribution in [3.63, 3.8) is 0 Å². The highest BCUT2D eigenvalue weighted by atomic mass is 19.1. The van der Waals surface area contributed by atoms with Gasteiger partial charge < -0.3 is 10.4 Å². The van der Waals surface area contributed by atoms with Gasteiger partial charge in [-0.15, -0.1) is 5.10 Å². The van der Waals surface area contributed by atoms with Crippen molar-refractivity contribution < 1.29 is 9.50 Å². The van der Waals surface area contributed by atoms with Crippen molar-refractivity contribution in [1.29, 1.82) is 0 Å². The van der Waals surface area contributed by atoms with Crippen LogP contribution < -0.4 is 5.32 Å². The maximum absolute atomic E-state index is 13.0. The van der Waals surface area contributed by atoms with Crippen LogP contribution in [0.3, 0.4) is 0 Å². The number of nitrogens with one attached hydrogen (secondary N) is 1. The van der Waals surface area contributed by atoms with E-state index in [0.29, 0.717) is 18.1 Å². The fourth-order valence-electron chi connectivity index (χ4n) is 2.41. The topological polar surface area (TPSA) is 62.5 Å². The first kappa shape index (κ1) is 11.4. The Morgan fingerprint density at radius 2 is 2.33 bits per heavy atom. The summed E-state index contributed by atoms with van der Waals surface area (Å²) in [5, 5.41) is 16.9. The molecule has 0 aromatic carbocycles. The molecule has 0 bridgehead atoms. The standard InChI is InChI=1S/C12H15FN4O/c13-9-4-5-11-15-12(16-17(11)7-9)14-6-8-2-1-3-10(8)18/h4-5,7-8,10,18H,1-3,6H2,(H,14,16). The third-order valence-corrected chi connectivity index (χ3v) is 3.44. The van der Waals surface area contributed by atoms with Crippen LogP contribution in [0.5, 0.6) is 0 Å². The van der Waals surface area contributed by atoms with Gasteiger partial charge in [0.15, 0.2) is 5.65 Å². The van der Waals surface area contributed by atoms with Crippen LogP contribution in [0.25, 0.3) is 5.65 Å². The highest BCUT2D eigenvalue weighted by Crippen LogP contribution is 2.25. The predicted molar refractivity (Wildman–Crippen MR) is 64.8 cm³/mol. The van der Waals surface area contributed by atoms with Crippen LogP contribution in [0.15, 0.2) is 18.3 Å². The summed E-state index contributed by atoms with van der Waals surface area (Å²) in [7, 11) is 0. The van der Waals surface area contributed by atoms with E-state index in [4.69, 9.17) is 0 Å². The van der Waals surface area contributed by atoms with Crippen LogP contribution >= 0.6 is 0 Å². The number of hydrogen-bond acceptors (Lipinski definition) is 4. The molecule has 2 atom stereocenters. The summed E-state index contributed by atoms with van der Waals surface area (Å²) in [5.41, 5.74) is 0.603. The van der Waals surface area contributed by atoms with Crippen molar-refractivity contribution in [1.82, 2.24) is 14.6 Å². The van der Waals surface area contributed by atoms with Crippen molar-refractivity contribution in [2.24, 2.45) is 5.92 Å². The summed E-state index contributed by atoms with van der Waals surface area (Å²) in [6, 6.07) is 2.94. The Balaban J connectivity index is 1.71. The van der Waals surface area contributed by atoms with Crippen LogP contribution in [-0.4, -0.2) is 32.4 Å². The molecule has 1 aliphatic rings. The van der Waals surface area contributed by atoms with E-state index in [1.807, 2.05) is 0 Å². The molecule has 0 saturated heterocycles. The Labute approximate surface area is 104 Å². The molecule has 2 aromatic heterocycles. The van der Waals surface area contributed by atoms with Gasteiger partial charge in [-0.05, 0) is 25.0 Å². The minimum atomic E-state index is -0.342. The average molecular weight is 250 g/mol. The second kappa shape index (κ2) is 4.53. The monoisotopic (exact) mass is 250 g/mol. The average Bonchev–Trinajstić information content (AvgIpc) is 2.92. The molecule has 1 aliphatic carbocycles. The van der Waals surface area contributed by atoms with Crippen LogP contribution in [0.2, 0.25) is 0 Å². The molecule has 1 saturated carbocycles. The molecule has 6 heteroatoms. The SMILES string of the molecule is OC1CCCC1CNc1nc2ccc(F)cn2n1. The van der Waals surface area contributed by atoms with Gasteiger partial charge in [0.25, 0.3) is 0 Å². The Morgan fingerprint density at radius 1 is 1.44 bits per heavy atom. The van der Waals surface area contributed by atoms with Gasteiger partial charge in [0.05, 0.1) is 12.3 Å². The van der Waals surface area contributed by atoms with Crippen molar-refractivity contribution in [2.45, 2.75) is 25.4 Å². The first-order valence-electron chi connectivity index (χ1n) is 6.16. The molecule has 3 rings (SSSR count). The highest BCUT2D eigenvalue weighted by molar-refractivity contribution is 5.43. The van der Waals surface area contributed by atoms with Gasteiger partial charge in [-0.25, -0.2) is 8.91 Å². The number of aliphatic hydroxyl groups is 1. The summed E-state index contributed by atoms with van der Waals surface area (Å²) in [6.45, 7) is 0.653. The fraction of sp³-hybridized carbons (Fsp3) is 0.500. The highest BCUT2D eigenvalue weighted by Gasteiger charge is 2.25. The largest absolute Gasteiger partial charge is 0.393 e. The maximum atomic E-state index is 13.0. The number of hydrogen-bond donors (Lipinski definition) is 2. The zero-order chi connectivity index (χ0) is 12.5. The third-order valence-electron chi connectivity index (χ3n) is 3.44. The van der Waals surface area contributed by atoms with Gasteiger partial charge in [0, 0.05) is 12.5 Å². The lowest BCUT2D eigenvalue weighted by atomic mass is 10.1. The first-order chi connectivity index (χ1) is 8.72. The van der Waals surface area contributed by atoms with Gasteiger partial charge in [-0.3, -0.25) is 0 Å². The van der Waals surface area contributed by atoms with Crippen LogP contribution in [0.4, 0.5) is 10.3 Å². The minimum Gasteiger partial charge on any atom is -0.393 e. The number of rotatable bonds is 3. The van der Waals surface area contributed by atoms with E-state index in [1.54, 1.807) is 6.07 Å². The van der Waals surface area contributed by atoms with E-state index in [2.05, 4.69) is 15.4 Å². The first-order valence-corrected chi connectivity index (χ1v) is 6.16. The second-order valence-corrected chi connectivity index (χ2v) is 4.72. The van der Waals surface area contributed by atoms with Crippen molar-refractivity contribution >= 4 is 11.6 Å². The van der Waals surface area contributed by atoms with Gasteiger partial charge in [0.1, 0.15) is 5.82 Å².